The van der Waals surface area contributed by atoms with Gasteiger partial charge >= 0.3 is 6.09 Å². The van der Waals surface area contributed by atoms with Crippen molar-refractivity contribution < 1.29 is 14.6 Å². The average Bonchev–Trinajstić information content (AvgIpc) is 2.63. The van der Waals surface area contributed by atoms with Gasteiger partial charge in [-0.05, 0) is 45.8 Å². The van der Waals surface area contributed by atoms with E-state index in [0.29, 0.717) is 23.5 Å². The molecule has 0 bridgehead atoms. The molecule has 0 aliphatic carbocycles. The van der Waals surface area contributed by atoms with Gasteiger partial charge in [-0.1, -0.05) is 13.8 Å². The minimum Gasteiger partial charge on any atom is -0.490 e. The second-order valence-electron chi connectivity index (χ2n) is 7.17. The number of fused-ring (bicyclic) bond motifs is 3. The van der Waals surface area contributed by atoms with Gasteiger partial charge in [0.25, 0.3) is 5.56 Å². The van der Waals surface area contributed by atoms with Gasteiger partial charge < -0.3 is 19.7 Å². The second kappa shape index (κ2) is 8.18. The lowest BCUT2D eigenvalue weighted by Crippen LogP contribution is -2.39. The highest BCUT2D eigenvalue weighted by Gasteiger charge is 2.17. The van der Waals surface area contributed by atoms with Gasteiger partial charge in [-0.15, -0.1) is 0 Å². The van der Waals surface area contributed by atoms with Crippen molar-refractivity contribution in [3.8, 4) is 5.75 Å². The summed E-state index contributed by atoms with van der Waals surface area (Å²) in [7, 11) is 1.71. The first kappa shape index (κ1) is 20.1. The third-order valence-corrected chi connectivity index (χ3v) is 5.20. The van der Waals surface area contributed by atoms with E-state index in [0.717, 1.165) is 20.8 Å². The maximum atomic E-state index is 12.6. The Morgan fingerprint density at radius 1 is 1.32 bits per heavy atom. The molecule has 2 aromatic heterocycles. The largest absolute Gasteiger partial charge is 0.490 e. The maximum Gasteiger partial charge on any atom is 0.404 e. The van der Waals surface area contributed by atoms with Crippen LogP contribution in [-0.2, 0) is 7.05 Å². The van der Waals surface area contributed by atoms with Crippen LogP contribution in [0.25, 0.3) is 21.7 Å². The van der Waals surface area contributed by atoms with E-state index < -0.39 is 6.09 Å². The van der Waals surface area contributed by atoms with Gasteiger partial charge in [0.05, 0.1) is 21.4 Å². The SMILES string of the molecule is CC(C)CC(COc1cc2c(cc1Br)c1ccncc1c(=O)n2C)NC(=O)O. The van der Waals surface area contributed by atoms with Crippen LogP contribution in [0.3, 0.4) is 0 Å². The Hall–Kier alpha value is -2.61. The molecule has 2 N–H and O–H groups in total. The number of nitrogens with one attached hydrogen (secondary N) is 1. The molecule has 0 fully saturated rings. The molecule has 8 heteroatoms. The lowest BCUT2D eigenvalue weighted by atomic mass is 10.0. The van der Waals surface area contributed by atoms with Gasteiger partial charge in [-0.3, -0.25) is 9.78 Å². The number of amides is 1. The van der Waals surface area contributed by atoms with Crippen molar-refractivity contribution in [2.75, 3.05) is 6.61 Å². The van der Waals surface area contributed by atoms with Gasteiger partial charge in [0.15, 0.2) is 0 Å². The molecule has 1 atom stereocenters. The topological polar surface area (TPSA) is 93.5 Å². The predicted octanol–water partition coefficient (Wildman–Crippen LogP) is 3.91. The Labute approximate surface area is 170 Å². The molecule has 1 unspecified atom stereocenters. The van der Waals surface area contributed by atoms with Crippen LogP contribution in [0.2, 0.25) is 0 Å². The summed E-state index contributed by atoms with van der Waals surface area (Å²) in [6, 6.07) is 5.20. The number of carboxylic acid groups (broad SMARTS) is 1. The molecule has 0 saturated heterocycles. The molecule has 148 valence electrons. The molecular weight excluding hydrogens is 426 g/mol. The average molecular weight is 448 g/mol. The number of hydrogen-bond donors (Lipinski definition) is 2. The highest BCUT2D eigenvalue weighted by molar-refractivity contribution is 9.10. The number of halogens is 1. The van der Waals surface area contributed by atoms with Crippen LogP contribution >= 0.6 is 15.9 Å². The minimum absolute atomic E-state index is 0.130. The molecule has 1 amide bonds. The van der Waals surface area contributed by atoms with E-state index in [1.54, 1.807) is 30.1 Å². The zero-order valence-electron chi connectivity index (χ0n) is 15.9. The summed E-state index contributed by atoms with van der Waals surface area (Å²) in [5.41, 5.74) is 0.600. The number of ether oxygens (including phenoxy) is 1. The van der Waals surface area contributed by atoms with Crippen molar-refractivity contribution in [3.05, 3.63) is 45.4 Å². The van der Waals surface area contributed by atoms with Gasteiger partial charge in [0.1, 0.15) is 12.4 Å². The molecular formula is C20H22BrN3O4. The maximum absolute atomic E-state index is 12.6. The van der Waals surface area contributed by atoms with E-state index in [4.69, 9.17) is 9.84 Å². The molecule has 0 radical (unpaired) electrons. The van der Waals surface area contributed by atoms with Gasteiger partial charge in [-0.25, -0.2) is 4.79 Å². The Kier molecular flexibility index (Phi) is 5.88. The van der Waals surface area contributed by atoms with E-state index in [-0.39, 0.29) is 18.2 Å². The summed E-state index contributed by atoms with van der Waals surface area (Å²) in [5.74, 6) is 0.873. The summed E-state index contributed by atoms with van der Waals surface area (Å²) in [4.78, 5) is 27.7. The smallest absolute Gasteiger partial charge is 0.404 e. The predicted molar refractivity (Wildman–Crippen MR) is 112 cm³/mol. The fraction of sp³-hybridized carbons (Fsp3) is 0.350. The Bertz CT molecular complexity index is 1090. The van der Waals surface area contributed by atoms with Crippen molar-refractivity contribution in [2.45, 2.75) is 26.3 Å². The van der Waals surface area contributed by atoms with Crippen LogP contribution in [0.1, 0.15) is 20.3 Å². The first-order valence-electron chi connectivity index (χ1n) is 8.96. The lowest BCUT2D eigenvalue weighted by molar-refractivity contribution is 0.176. The number of hydrogen-bond acceptors (Lipinski definition) is 4. The summed E-state index contributed by atoms with van der Waals surface area (Å²) in [6.07, 6.45) is 2.82. The molecule has 7 nitrogen and oxygen atoms in total. The number of benzene rings is 1. The fourth-order valence-corrected chi connectivity index (χ4v) is 3.80. The monoisotopic (exact) mass is 447 g/mol. The van der Waals surface area contributed by atoms with Crippen LogP contribution in [-0.4, -0.2) is 33.4 Å². The van der Waals surface area contributed by atoms with E-state index in [2.05, 4.69) is 26.2 Å². The minimum atomic E-state index is -1.07. The highest BCUT2D eigenvalue weighted by atomic mass is 79.9. The van der Waals surface area contributed by atoms with Crippen LogP contribution < -0.4 is 15.6 Å². The third-order valence-electron chi connectivity index (χ3n) is 4.58. The molecule has 3 rings (SSSR count). The fourth-order valence-electron chi connectivity index (χ4n) is 3.34. The first-order valence-corrected chi connectivity index (χ1v) is 9.75. The summed E-state index contributed by atoms with van der Waals surface area (Å²) in [6.45, 7) is 4.25. The van der Waals surface area contributed by atoms with E-state index in [1.165, 1.54) is 0 Å². The Morgan fingerprint density at radius 3 is 2.75 bits per heavy atom. The summed E-state index contributed by atoms with van der Waals surface area (Å²) < 4.78 is 8.22. The van der Waals surface area contributed by atoms with Crippen molar-refractivity contribution in [2.24, 2.45) is 13.0 Å². The van der Waals surface area contributed by atoms with E-state index in [1.807, 2.05) is 26.0 Å². The molecule has 0 spiro atoms. The van der Waals surface area contributed by atoms with Crippen LogP contribution in [0.15, 0.2) is 39.9 Å². The Morgan fingerprint density at radius 2 is 2.07 bits per heavy atom. The van der Waals surface area contributed by atoms with Crippen molar-refractivity contribution >= 4 is 43.7 Å². The van der Waals surface area contributed by atoms with Crippen molar-refractivity contribution in [1.29, 1.82) is 0 Å². The van der Waals surface area contributed by atoms with Crippen LogP contribution in [0.5, 0.6) is 5.75 Å². The normalized spacial score (nSPS) is 12.5. The molecule has 0 aliphatic rings. The third kappa shape index (κ3) is 4.11. The molecule has 2 heterocycles. The lowest BCUT2D eigenvalue weighted by Gasteiger charge is -2.20. The summed E-state index contributed by atoms with van der Waals surface area (Å²) in [5, 5.41) is 13.8. The van der Waals surface area contributed by atoms with Gasteiger partial charge in [0.2, 0.25) is 0 Å². The second-order valence-corrected chi connectivity index (χ2v) is 8.03. The van der Waals surface area contributed by atoms with Gasteiger partial charge in [-0.2, -0.15) is 0 Å². The Balaban J connectivity index is 1.99. The number of aromatic nitrogens is 2. The molecule has 3 aromatic rings. The zero-order valence-corrected chi connectivity index (χ0v) is 17.5. The number of carbonyl (C=O) groups is 1. The van der Waals surface area contributed by atoms with Crippen molar-refractivity contribution in [3.63, 3.8) is 0 Å². The standard InChI is InChI=1S/C20H22BrN3O4/c1-11(2)6-12(23-20(26)27)10-28-18-8-17-14(7-16(18)21)13-4-5-22-9-15(13)19(25)24(17)3/h4-5,7-9,11-12,23H,6,10H2,1-3H3,(H,26,27). The summed E-state index contributed by atoms with van der Waals surface area (Å²) >= 11 is 3.53. The molecule has 0 saturated carbocycles. The van der Waals surface area contributed by atoms with Crippen LogP contribution in [0.4, 0.5) is 4.79 Å². The van der Waals surface area contributed by atoms with E-state index in [9.17, 15) is 9.59 Å². The van der Waals surface area contributed by atoms with Crippen LogP contribution in [0, 0.1) is 5.92 Å². The highest BCUT2D eigenvalue weighted by Crippen LogP contribution is 2.33. The molecule has 28 heavy (non-hydrogen) atoms. The molecule has 0 aliphatic heterocycles. The number of aryl methyl sites for hydroxylation is 1. The van der Waals surface area contributed by atoms with Gasteiger partial charge in [0, 0.05) is 30.9 Å². The van der Waals surface area contributed by atoms with Crippen molar-refractivity contribution in [1.82, 2.24) is 14.9 Å². The quantitative estimate of drug-likeness (QED) is 0.558. The van der Waals surface area contributed by atoms with E-state index >= 15 is 0 Å². The number of nitrogens with zero attached hydrogens (tertiary/aromatic N) is 2. The number of rotatable bonds is 6. The zero-order chi connectivity index (χ0) is 20.4. The molecule has 1 aromatic carbocycles. The first-order chi connectivity index (χ1) is 13.3. The number of pyridine rings is 2.